The third kappa shape index (κ3) is 2.57. The fourth-order valence-electron chi connectivity index (χ4n) is 1.36. The van der Waals surface area contributed by atoms with Gasteiger partial charge >= 0.3 is 5.97 Å². The molecule has 0 saturated carbocycles. The summed E-state index contributed by atoms with van der Waals surface area (Å²) in [7, 11) is 0. The first-order valence-corrected chi connectivity index (χ1v) is 6.25. The molecule has 1 aromatic rings. The van der Waals surface area contributed by atoms with Gasteiger partial charge in [-0.15, -0.1) is 11.8 Å². The van der Waals surface area contributed by atoms with Crippen molar-refractivity contribution in [2.75, 3.05) is 6.26 Å². The first-order valence-electron chi connectivity index (χ1n) is 5.02. The van der Waals surface area contributed by atoms with Gasteiger partial charge in [-0.05, 0) is 37.8 Å². The summed E-state index contributed by atoms with van der Waals surface area (Å²) in [5.74, 6) is -0.881. The molecule has 16 heavy (non-hydrogen) atoms. The Morgan fingerprint density at radius 2 is 1.88 bits per heavy atom. The molecule has 88 valence electrons. The summed E-state index contributed by atoms with van der Waals surface area (Å²) in [6.45, 7) is 3.28. The molecule has 0 aliphatic carbocycles. The lowest BCUT2D eigenvalue weighted by molar-refractivity contribution is -0.148. The van der Waals surface area contributed by atoms with Crippen molar-refractivity contribution in [3.8, 4) is 0 Å². The first-order chi connectivity index (χ1) is 7.39. The topological polar surface area (TPSA) is 63.3 Å². The van der Waals surface area contributed by atoms with Gasteiger partial charge in [0, 0.05) is 10.9 Å². The van der Waals surface area contributed by atoms with Crippen LogP contribution in [-0.2, 0) is 4.79 Å². The van der Waals surface area contributed by atoms with Crippen LogP contribution >= 0.6 is 11.8 Å². The monoisotopic (exact) mass is 239 g/mol. The lowest BCUT2D eigenvalue weighted by atomic mass is 9.81. The van der Waals surface area contributed by atoms with Gasteiger partial charge in [-0.25, -0.2) is 0 Å². The summed E-state index contributed by atoms with van der Waals surface area (Å²) in [5.41, 5.74) is 5.87. The predicted molar refractivity (Wildman–Crippen MR) is 66.6 cm³/mol. The highest BCUT2D eigenvalue weighted by Crippen LogP contribution is 2.32. The van der Waals surface area contributed by atoms with Crippen molar-refractivity contribution >= 4 is 17.7 Å². The molecule has 0 saturated heterocycles. The van der Waals surface area contributed by atoms with Crippen LogP contribution < -0.4 is 5.73 Å². The van der Waals surface area contributed by atoms with Gasteiger partial charge in [0.1, 0.15) is 0 Å². The molecule has 0 fully saturated rings. The standard InChI is InChI=1S/C12H17NO2S/c1-12(2,11(14)15)10(13)8-4-6-9(16-3)7-5-8/h4-7,10H,13H2,1-3H3,(H,14,15). The molecular formula is C12H17NO2S. The number of carbonyl (C=O) groups is 1. The van der Waals surface area contributed by atoms with Crippen molar-refractivity contribution < 1.29 is 9.90 Å². The minimum atomic E-state index is -0.957. The normalized spacial score (nSPS) is 13.5. The highest BCUT2D eigenvalue weighted by atomic mass is 32.2. The zero-order valence-electron chi connectivity index (χ0n) is 9.73. The summed E-state index contributed by atoms with van der Waals surface area (Å²) in [4.78, 5) is 12.2. The summed E-state index contributed by atoms with van der Waals surface area (Å²) >= 11 is 1.65. The van der Waals surface area contributed by atoms with E-state index in [-0.39, 0.29) is 0 Å². The molecule has 0 amide bonds. The van der Waals surface area contributed by atoms with Gasteiger partial charge in [0.25, 0.3) is 0 Å². The van der Waals surface area contributed by atoms with E-state index >= 15 is 0 Å². The van der Waals surface area contributed by atoms with E-state index in [1.807, 2.05) is 30.5 Å². The molecule has 0 bridgehead atoms. The van der Waals surface area contributed by atoms with Crippen LogP contribution in [0.2, 0.25) is 0 Å². The molecule has 0 aliphatic heterocycles. The van der Waals surface area contributed by atoms with E-state index in [0.29, 0.717) is 0 Å². The molecule has 0 aliphatic rings. The Balaban J connectivity index is 2.96. The van der Waals surface area contributed by atoms with Gasteiger partial charge in [0.2, 0.25) is 0 Å². The lowest BCUT2D eigenvalue weighted by Crippen LogP contribution is -2.36. The number of nitrogens with two attached hydrogens (primary N) is 1. The summed E-state index contributed by atoms with van der Waals surface area (Å²) in [6, 6.07) is 7.19. The third-order valence-corrected chi connectivity index (χ3v) is 3.55. The van der Waals surface area contributed by atoms with Gasteiger partial charge < -0.3 is 10.8 Å². The first kappa shape index (κ1) is 13.1. The molecule has 0 radical (unpaired) electrons. The number of hydrogen-bond acceptors (Lipinski definition) is 3. The number of hydrogen-bond donors (Lipinski definition) is 2. The van der Waals surface area contributed by atoms with E-state index < -0.39 is 17.4 Å². The molecule has 3 N–H and O–H groups in total. The van der Waals surface area contributed by atoms with Crippen LogP contribution in [0.1, 0.15) is 25.5 Å². The Morgan fingerprint density at radius 1 is 1.38 bits per heavy atom. The van der Waals surface area contributed by atoms with Crippen molar-refractivity contribution in [3.63, 3.8) is 0 Å². The second-order valence-electron chi connectivity index (χ2n) is 4.28. The van der Waals surface area contributed by atoms with Gasteiger partial charge in [-0.3, -0.25) is 4.79 Å². The summed E-state index contributed by atoms with van der Waals surface area (Å²) in [5, 5.41) is 9.09. The number of benzene rings is 1. The Labute approximate surface area is 100 Å². The molecule has 0 aromatic heterocycles. The number of thioether (sulfide) groups is 1. The number of aliphatic carboxylic acids is 1. The van der Waals surface area contributed by atoms with Crippen molar-refractivity contribution in [2.24, 2.45) is 11.1 Å². The quantitative estimate of drug-likeness (QED) is 0.792. The predicted octanol–water partition coefficient (Wildman–Crippen LogP) is 2.52. The van der Waals surface area contributed by atoms with Crippen molar-refractivity contribution in [3.05, 3.63) is 29.8 Å². The minimum Gasteiger partial charge on any atom is -0.481 e. The Hall–Kier alpha value is -1.00. The van der Waals surface area contributed by atoms with Gasteiger partial charge in [-0.2, -0.15) is 0 Å². The highest BCUT2D eigenvalue weighted by molar-refractivity contribution is 7.98. The van der Waals surface area contributed by atoms with Crippen LogP contribution in [-0.4, -0.2) is 17.3 Å². The Morgan fingerprint density at radius 3 is 2.25 bits per heavy atom. The van der Waals surface area contributed by atoms with Crippen LogP contribution in [0, 0.1) is 5.41 Å². The second-order valence-corrected chi connectivity index (χ2v) is 5.16. The van der Waals surface area contributed by atoms with Crippen molar-refractivity contribution in [2.45, 2.75) is 24.8 Å². The van der Waals surface area contributed by atoms with Crippen LogP contribution in [0.15, 0.2) is 29.2 Å². The molecule has 4 heteroatoms. The van der Waals surface area contributed by atoms with Gasteiger partial charge in [0.15, 0.2) is 0 Å². The van der Waals surface area contributed by atoms with Crippen LogP contribution in [0.4, 0.5) is 0 Å². The molecule has 0 spiro atoms. The largest absolute Gasteiger partial charge is 0.481 e. The fourth-order valence-corrected chi connectivity index (χ4v) is 1.77. The van der Waals surface area contributed by atoms with E-state index in [2.05, 4.69) is 0 Å². The van der Waals surface area contributed by atoms with Gasteiger partial charge in [-0.1, -0.05) is 12.1 Å². The average molecular weight is 239 g/mol. The minimum absolute atomic E-state index is 0.499. The Bertz CT molecular complexity index is 373. The molecule has 1 atom stereocenters. The zero-order valence-corrected chi connectivity index (χ0v) is 10.5. The van der Waals surface area contributed by atoms with E-state index in [9.17, 15) is 4.79 Å². The number of carboxylic acids is 1. The lowest BCUT2D eigenvalue weighted by Gasteiger charge is -2.27. The maximum Gasteiger partial charge on any atom is 0.311 e. The summed E-state index contributed by atoms with van der Waals surface area (Å²) < 4.78 is 0. The second kappa shape index (κ2) is 4.89. The maximum absolute atomic E-state index is 11.1. The van der Waals surface area contributed by atoms with Gasteiger partial charge in [0.05, 0.1) is 5.41 Å². The third-order valence-electron chi connectivity index (χ3n) is 2.80. The average Bonchev–Trinajstić information content (AvgIpc) is 2.28. The van der Waals surface area contributed by atoms with Crippen LogP contribution in [0.3, 0.4) is 0 Å². The smallest absolute Gasteiger partial charge is 0.311 e. The molecular weight excluding hydrogens is 222 g/mol. The SMILES string of the molecule is CSc1ccc(C(N)C(C)(C)C(=O)O)cc1. The van der Waals surface area contributed by atoms with E-state index in [4.69, 9.17) is 10.8 Å². The van der Waals surface area contributed by atoms with Crippen LogP contribution in [0.25, 0.3) is 0 Å². The van der Waals surface area contributed by atoms with Crippen molar-refractivity contribution in [1.82, 2.24) is 0 Å². The molecule has 1 aromatic carbocycles. The maximum atomic E-state index is 11.1. The highest BCUT2D eigenvalue weighted by Gasteiger charge is 2.35. The van der Waals surface area contributed by atoms with E-state index in [0.717, 1.165) is 10.5 Å². The molecule has 1 unspecified atom stereocenters. The fraction of sp³-hybridized carbons (Fsp3) is 0.417. The van der Waals surface area contributed by atoms with Crippen LogP contribution in [0.5, 0.6) is 0 Å². The number of rotatable bonds is 4. The zero-order chi connectivity index (χ0) is 12.3. The Kier molecular flexibility index (Phi) is 3.99. The summed E-state index contributed by atoms with van der Waals surface area (Å²) in [6.07, 6.45) is 2.00. The number of carboxylic acid groups (broad SMARTS) is 1. The van der Waals surface area contributed by atoms with E-state index in [1.54, 1.807) is 25.6 Å². The molecule has 0 heterocycles. The molecule has 3 nitrogen and oxygen atoms in total. The molecule has 1 rings (SSSR count). The van der Waals surface area contributed by atoms with Crippen molar-refractivity contribution in [1.29, 1.82) is 0 Å². The van der Waals surface area contributed by atoms with E-state index in [1.165, 1.54) is 0 Å².